The summed E-state index contributed by atoms with van der Waals surface area (Å²) in [7, 11) is 5.54. The minimum atomic E-state index is -0.873. The molecule has 0 fully saturated rings. The number of quaternary nitrogens is 1. The summed E-state index contributed by atoms with van der Waals surface area (Å²) in [6, 6.07) is -0.612. The average Bonchev–Trinajstić information content (AvgIpc) is 3.15. The number of nitrogens with zero attached hydrogens (tertiary/aromatic N) is 1. The Hall–Kier alpha value is -1.93. The first-order valence-electron chi connectivity index (χ1n) is 23.7. The largest absolute Gasteiger partial charge is 0.477 e. The maximum absolute atomic E-state index is 12.7. The smallest absolute Gasteiger partial charge is 0.362 e. The highest BCUT2D eigenvalue weighted by Gasteiger charge is 2.31. The second kappa shape index (κ2) is 39.9. The van der Waals surface area contributed by atoms with Crippen LogP contribution in [0.2, 0.25) is 0 Å². The summed E-state index contributed by atoms with van der Waals surface area (Å²) in [5.74, 6) is -1.46. The van der Waals surface area contributed by atoms with Gasteiger partial charge in [-0.1, -0.05) is 180 Å². The zero-order chi connectivity index (χ0) is 41.4. The number of esters is 2. The number of carbonyl (C=O) groups excluding carboxylic acids is 2. The van der Waals surface area contributed by atoms with Crippen LogP contribution >= 0.6 is 0 Å². The Labute approximate surface area is 346 Å². The van der Waals surface area contributed by atoms with Gasteiger partial charge >= 0.3 is 17.9 Å². The Morgan fingerprint density at radius 2 is 0.893 bits per heavy atom. The van der Waals surface area contributed by atoms with Crippen molar-refractivity contribution < 1.29 is 38.2 Å². The molecule has 0 saturated carbocycles. The molecule has 0 spiro atoms. The summed E-state index contributed by atoms with van der Waals surface area (Å²) in [4.78, 5) is 37.0. The van der Waals surface area contributed by atoms with Gasteiger partial charge in [0.1, 0.15) is 6.61 Å². The second-order valence-electron chi connectivity index (χ2n) is 17.4. The molecule has 0 radical (unpaired) electrons. The Balaban J connectivity index is 4.28. The van der Waals surface area contributed by atoms with Crippen LogP contribution in [0.1, 0.15) is 226 Å². The van der Waals surface area contributed by atoms with Gasteiger partial charge in [-0.3, -0.25) is 9.59 Å². The van der Waals surface area contributed by atoms with Gasteiger partial charge in [0.2, 0.25) is 0 Å². The van der Waals surface area contributed by atoms with Crippen molar-refractivity contribution in [1.29, 1.82) is 0 Å². The number of carboxylic acid groups (broad SMARTS) is 1. The summed E-state index contributed by atoms with van der Waals surface area (Å²) < 4.78 is 17.3. The first-order valence-corrected chi connectivity index (χ1v) is 23.7. The van der Waals surface area contributed by atoms with Gasteiger partial charge in [-0.2, -0.15) is 0 Å². The summed E-state index contributed by atoms with van der Waals surface area (Å²) in [5, 5.41) is 9.63. The fraction of sp³-hybridized carbons (Fsp3) is 0.896. The third-order valence-electron chi connectivity index (χ3n) is 10.9. The van der Waals surface area contributed by atoms with Crippen LogP contribution in [0.25, 0.3) is 0 Å². The van der Waals surface area contributed by atoms with Crippen LogP contribution < -0.4 is 0 Å². The normalized spacial score (nSPS) is 12.9. The molecule has 0 aliphatic rings. The molecular weight excluding hydrogens is 703 g/mol. The topological polar surface area (TPSA) is 99.1 Å². The van der Waals surface area contributed by atoms with Crippen molar-refractivity contribution in [3.8, 4) is 0 Å². The lowest BCUT2D eigenvalue weighted by molar-refractivity contribution is -0.887. The Morgan fingerprint density at radius 1 is 0.518 bits per heavy atom. The molecule has 56 heavy (non-hydrogen) atoms. The number of allylic oxidation sites excluding steroid dienone is 2. The molecule has 0 amide bonds. The Morgan fingerprint density at radius 3 is 1.29 bits per heavy atom. The number of hydrogen-bond acceptors (Lipinski definition) is 6. The van der Waals surface area contributed by atoms with E-state index in [1.807, 2.05) is 21.1 Å². The molecule has 0 heterocycles. The van der Waals surface area contributed by atoms with Gasteiger partial charge in [0.25, 0.3) is 0 Å². The maximum atomic E-state index is 12.7. The predicted molar refractivity (Wildman–Crippen MR) is 234 cm³/mol. The fourth-order valence-corrected chi connectivity index (χ4v) is 7.21. The monoisotopic (exact) mass is 795 g/mol. The van der Waals surface area contributed by atoms with Gasteiger partial charge in [-0.15, -0.1) is 0 Å². The average molecular weight is 795 g/mol. The molecule has 0 bridgehead atoms. The molecule has 8 nitrogen and oxygen atoms in total. The van der Waals surface area contributed by atoms with Crippen LogP contribution in [-0.2, 0) is 28.6 Å². The zero-order valence-corrected chi connectivity index (χ0v) is 37.6. The lowest BCUT2D eigenvalue weighted by Crippen LogP contribution is -2.50. The Kier molecular flexibility index (Phi) is 38.5. The van der Waals surface area contributed by atoms with E-state index >= 15 is 0 Å². The highest BCUT2D eigenvalue weighted by atomic mass is 16.6. The van der Waals surface area contributed by atoms with E-state index in [-0.39, 0.29) is 36.2 Å². The molecule has 2 atom stereocenters. The molecule has 8 heteroatoms. The molecule has 0 saturated heterocycles. The molecule has 0 aromatic rings. The zero-order valence-electron chi connectivity index (χ0n) is 37.6. The number of hydrogen-bond donors (Lipinski definition) is 1. The van der Waals surface area contributed by atoms with Gasteiger partial charge in [0.15, 0.2) is 12.1 Å². The van der Waals surface area contributed by atoms with Crippen molar-refractivity contribution in [3.05, 3.63) is 12.2 Å². The van der Waals surface area contributed by atoms with Crippen LogP contribution in [0.15, 0.2) is 12.2 Å². The van der Waals surface area contributed by atoms with Crippen molar-refractivity contribution in [2.45, 2.75) is 238 Å². The quantitative estimate of drug-likeness (QED) is 0.0284. The summed E-state index contributed by atoms with van der Waals surface area (Å²) >= 11 is 0. The van der Waals surface area contributed by atoms with Crippen molar-refractivity contribution in [2.24, 2.45) is 0 Å². The van der Waals surface area contributed by atoms with E-state index in [9.17, 15) is 19.5 Å². The molecule has 1 N–H and O–H groups in total. The molecule has 0 aliphatic carbocycles. The van der Waals surface area contributed by atoms with Crippen LogP contribution in [0.3, 0.4) is 0 Å². The fourth-order valence-electron chi connectivity index (χ4n) is 7.21. The summed E-state index contributed by atoms with van der Waals surface area (Å²) in [6.07, 6.45) is 42.5. The molecule has 0 rings (SSSR count). The molecule has 330 valence electrons. The van der Waals surface area contributed by atoms with Crippen LogP contribution in [0.5, 0.6) is 0 Å². The lowest BCUT2D eigenvalue weighted by atomic mass is 10.0. The van der Waals surface area contributed by atoms with Gasteiger partial charge in [-0.05, 0) is 38.5 Å². The van der Waals surface area contributed by atoms with Crippen molar-refractivity contribution >= 4 is 17.9 Å². The van der Waals surface area contributed by atoms with E-state index < -0.39 is 18.1 Å². The molecule has 0 aliphatic heterocycles. The van der Waals surface area contributed by atoms with Gasteiger partial charge in [-0.25, -0.2) is 4.79 Å². The molecule has 2 unspecified atom stereocenters. The number of carboxylic acids is 1. The highest BCUT2D eigenvalue weighted by Crippen LogP contribution is 2.16. The number of rotatable bonds is 43. The first kappa shape index (κ1) is 54.1. The van der Waals surface area contributed by atoms with Crippen molar-refractivity contribution in [2.75, 3.05) is 41.0 Å². The Bertz CT molecular complexity index is 931. The third-order valence-corrected chi connectivity index (χ3v) is 10.9. The molecule has 0 aromatic heterocycles. The third kappa shape index (κ3) is 37.6. The standard InChI is InChI=1S/C48H91NO7/c1-6-8-10-12-14-16-18-20-22-24-26-28-30-32-34-36-38-46(50)55-43-44(42-54-41-40-45(48(52)53)49(3,4)5)56-47(51)39-37-35-33-31-29-27-25-23-21-19-17-15-13-11-9-7-2/h23,25,44-45H,6-22,24,26-43H2,1-5H3/p+1/b25-23+. The minimum absolute atomic E-state index is 0.0480. The van der Waals surface area contributed by atoms with E-state index in [1.54, 1.807) is 0 Å². The van der Waals surface area contributed by atoms with Gasteiger partial charge in [0, 0.05) is 19.3 Å². The number of ether oxygens (including phenoxy) is 3. The van der Waals surface area contributed by atoms with Crippen molar-refractivity contribution in [1.82, 2.24) is 0 Å². The van der Waals surface area contributed by atoms with E-state index in [0.717, 1.165) is 51.4 Å². The number of aliphatic carboxylic acids is 1. The van der Waals surface area contributed by atoms with Crippen LogP contribution in [0.4, 0.5) is 0 Å². The van der Waals surface area contributed by atoms with E-state index in [1.165, 1.54) is 141 Å². The second-order valence-corrected chi connectivity index (χ2v) is 17.4. The lowest BCUT2D eigenvalue weighted by Gasteiger charge is -2.31. The summed E-state index contributed by atoms with van der Waals surface area (Å²) in [5.41, 5.74) is 0. The van der Waals surface area contributed by atoms with Gasteiger partial charge < -0.3 is 23.8 Å². The van der Waals surface area contributed by atoms with E-state index in [4.69, 9.17) is 14.2 Å². The highest BCUT2D eigenvalue weighted by molar-refractivity contribution is 5.72. The van der Waals surface area contributed by atoms with Gasteiger partial charge in [0.05, 0.1) is 34.4 Å². The SMILES string of the molecule is CCCCCCCCC/C=C/CCCCCCCC(=O)OC(COCCC(C(=O)O)[N+](C)(C)C)COC(=O)CCCCCCCCCCCCCCCCCC. The number of unbranched alkanes of at least 4 members (excludes halogenated alkanes) is 27. The van der Waals surface area contributed by atoms with Crippen molar-refractivity contribution in [3.63, 3.8) is 0 Å². The molecular formula is C48H92NO7+. The minimum Gasteiger partial charge on any atom is -0.477 e. The van der Waals surface area contributed by atoms with E-state index in [2.05, 4.69) is 26.0 Å². The number of carbonyl (C=O) groups is 3. The number of likely N-dealkylation sites (N-methyl/N-ethyl adjacent to an activating group) is 1. The first-order chi connectivity index (χ1) is 27.1. The molecule has 0 aromatic carbocycles. The van der Waals surface area contributed by atoms with Crippen LogP contribution in [-0.4, -0.2) is 80.6 Å². The van der Waals surface area contributed by atoms with Crippen LogP contribution in [0, 0.1) is 0 Å². The summed E-state index contributed by atoms with van der Waals surface area (Å²) in [6.45, 7) is 4.76. The predicted octanol–water partition coefficient (Wildman–Crippen LogP) is 13.1. The maximum Gasteiger partial charge on any atom is 0.362 e. The van der Waals surface area contributed by atoms with E-state index in [0.29, 0.717) is 19.3 Å².